The highest BCUT2D eigenvalue weighted by Gasteiger charge is 2.13. The second-order valence-corrected chi connectivity index (χ2v) is 5.54. The number of nitrogens with two attached hydrogens (primary N) is 1. The molecular weight excluding hydrogens is 292 g/mol. The number of rotatable bonds is 6. The summed E-state index contributed by atoms with van der Waals surface area (Å²) in [5.41, 5.74) is 7.01. The van der Waals surface area contributed by atoms with E-state index in [2.05, 4.69) is 22.9 Å². The Hall–Kier alpha value is -0.870. The maximum Gasteiger partial charge on any atom is 0.224 e. The minimum Gasteiger partial charge on any atom is -0.341 e. The first kappa shape index (κ1) is 15.2. The van der Waals surface area contributed by atoms with E-state index in [1.807, 2.05) is 31.3 Å². The molecule has 1 rings (SSSR count). The summed E-state index contributed by atoms with van der Waals surface area (Å²) in [5.74, 6) is 0.110. The number of carbonyl (C=O) groups is 1. The molecule has 0 bridgehead atoms. The zero-order valence-electron chi connectivity index (χ0n) is 11.0. The van der Waals surface area contributed by atoms with E-state index < -0.39 is 0 Å². The van der Waals surface area contributed by atoms with Gasteiger partial charge in [-0.2, -0.15) is 0 Å². The first-order valence-electron chi connectivity index (χ1n) is 6.27. The molecule has 1 aromatic rings. The molecule has 1 unspecified atom stereocenters. The van der Waals surface area contributed by atoms with Crippen LogP contribution in [0.15, 0.2) is 28.7 Å². The lowest BCUT2D eigenvalue weighted by atomic mass is 10.1. The minimum atomic E-state index is -0.0186. The van der Waals surface area contributed by atoms with Crippen LogP contribution >= 0.6 is 15.9 Å². The molecule has 18 heavy (non-hydrogen) atoms. The van der Waals surface area contributed by atoms with E-state index in [-0.39, 0.29) is 11.9 Å². The van der Waals surface area contributed by atoms with Crippen molar-refractivity contribution in [3.63, 3.8) is 0 Å². The monoisotopic (exact) mass is 312 g/mol. The Kier molecular flexibility index (Phi) is 6.36. The number of nitrogens with zero attached hydrogens (tertiary/aromatic N) is 1. The highest BCUT2D eigenvalue weighted by Crippen LogP contribution is 2.12. The summed E-state index contributed by atoms with van der Waals surface area (Å²) in [6, 6.07) is 7.97. The van der Waals surface area contributed by atoms with Crippen molar-refractivity contribution < 1.29 is 4.79 Å². The van der Waals surface area contributed by atoms with Crippen molar-refractivity contribution in [3.05, 3.63) is 34.3 Å². The topological polar surface area (TPSA) is 46.3 Å². The number of halogens is 1. The van der Waals surface area contributed by atoms with Crippen molar-refractivity contribution in [3.8, 4) is 0 Å². The smallest absolute Gasteiger partial charge is 0.224 e. The van der Waals surface area contributed by atoms with Crippen LogP contribution < -0.4 is 5.73 Å². The van der Waals surface area contributed by atoms with Crippen molar-refractivity contribution in [2.75, 3.05) is 7.05 Å². The molecule has 100 valence electrons. The van der Waals surface area contributed by atoms with Gasteiger partial charge in [0.05, 0.1) is 0 Å². The van der Waals surface area contributed by atoms with E-state index in [1.54, 1.807) is 4.90 Å². The fourth-order valence-corrected chi connectivity index (χ4v) is 2.07. The summed E-state index contributed by atoms with van der Waals surface area (Å²) >= 11 is 3.39. The Morgan fingerprint density at radius 3 is 2.56 bits per heavy atom. The van der Waals surface area contributed by atoms with Crippen LogP contribution in [0.25, 0.3) is 0 Å². The molecule has 0 fully saturated rings. The van der Waals surface area contributed by atoms with Crippen molar-refractivity contribution in [2.24, 2.45) is 5.73 Å². The number of amides is 1. The molecule has 0 spiro atoms. The first-order chi connectivity index (χ1) is 8.52. The zero-order chi connectivity index (χ0) is 13.5. The molecule has 1 aromatic carbocycles. The average Bonchev–Trinajstić information content (AvgIpc) is 2.32. The van der Waals surface area contributed by atoms with Crippen LogP contribution in [0.1, 0.15) is 31.7 Å². The van der Waals surface area contributed by atoms with Crippen LogP contribution in [0.2, 0.25) is 0 Å². The Bertz CT molecular complexity index is 378. The highest BCUT2D eigenvalue weighted by molar-refractivity contribution is 9.10. The van der Waals surface area contributed by atoms with Crippen LogP contribution in [0.5, 0.6) is 0 Å². The molecule has 0 saturated carbocycles. The van der Waals surface area contributed by atoms with Gasteiger partial charge in [0, 0.05) is 30.5 Å². The molecular formula is C14H21BrN2O. The molecule has 0 aromatic heterocycles. The summed E-state index contributed by atoms with van der Waals surface area (Å²) in [7, 11) is 1.82. The molecule has 0 aliphatic heterocycles. The Labute approximate surface area is 117 Å². The van der Waals surface area contributed by atoms with E-state index in [4.69, 9.17) is 5.73 Å². The third-order valence-electron chi connectivity index (χ3n) is 2.86. The van der Waals surface area contributed by atoms with Crippen LogP contribution in [0, 0.1) is 0 Å². The first-order valence-corrected chi connectivity index (χ1v) is 7.06. The SMILES string of the molecule is CCCC(N)CC(=O)N(C)Cc1ccc(Br)cc1. The predicted octanol–water partition coefficient (Wildman–Crippen LogP) is 2.93. The van der Waals surface area contributed by atoms with Crippen molar-refractivity contribution in [1.29, 1.82) is 0 Å². The number of benzene rings is 1. The molecule has 4 heteroatoms. The lowest BCUT2D eigenvalue weighted by Crippen LogP contribution is -2.32. The molecule has 1 amide bonds. The van der Waals surface area contributed by atoms with Crippen LogP contribution in [-0.4, -0.2) is 23.9 Å². The van der Waals surface area contributed by atoms with Gasteiger partial charge >= 0.3 is 0 Å². The van der Waals surface area contributed by atoms with E-state index in [0.29, 0.717) is 13.0 Å². The second-order valence-electron chi connectivity index (χ2n) is 4.63. The molecule has 0 heterocycles. The lowest BCUT2D eigenvalue weighted by molar-refractivity contribution is -0.130. The standard InChI is InChI=1S/C14H21BrN2O/c1-3-4-13(16)9-14(18)17(2)10-11-5-7-12(15)8-6-11/h5-8,13H,3-4,9-10,16H2,1-2H3. The van der Waals surface area contributed by atoms with Crippen molar-refractivity contribution in [1.82, 2.24) is 4.90 Å². The van der Waals surface area contributed by atoms with Crippen LogP contribution in [0.3, 0.4) is 0 Å². The maximum absolute atomic E-state index is 11.9. The van der Waals surface area contributed by atoms with Gasteiger partial charge < -0.3 is 10.6 Å². The van der Waals surface area contributed by atoms with Gasteiger partial charge in [0.15, 0.2) is 0 Å². The largest absolute Gasteiger partial charge is 0.341 e. The predicted molar refractivity (Wildman–Crippen MR) is 78.1 cm³/mol. The number of carbonyl (C=O) groups excluding carboxylic acids is 1. The van der Waals surface area contributed by atoms with E-state index in [9.17, 15) is 4.79 Å². The molecule has 0 aliphatic carbocycles. The quantitative estimate of drug-likeness (QED) is 0.878. The van der Waals surface area contributed by atoms with Gasteiger partial charge in [-0.05, 0) is 24.1 Å². The fraction of sp³-hybridized carbons (Fsp3) is 0.500. The summed E-state index contributed by atoms with van der Waals surface area (Å²) in [4.78, 5) is 13.7. The second kappa shape index (κ2) is 7.54. The average molecular weight is 313 g/mol. The third-order valence-corrected chi connectivity index (χ3v) is 3.38. The van der Waals surface area contributed by atoms with Crippen LogP contribution in [0.4, 0.5) is 0 Å². The summed E-state index contributed by atoms with van der Waals surface area (Å²) in [6.45, 7) is 2.71. The third kappa shape index (κ3) is 5.19. The number of hydrogen-bond acceptors (Lipinski definition) is 2. The Morgan fingerprint density at radius 1 is 1.39 bits per heavy atom. The van der Waals surface area contributed by atoms with Gasteiger partial charge in [0.2, 0.25) is 5.91 Å². The highest BCUT2D eigenvalue weighted by atomic mass is 79.9. The summed E-state index contributed by atoms with van der Waals surface area (Å²) in [5, 5.41) is 0. The maximum atomic E-state index is 11.9. The fourth-order valence-electron chi connectivity index (χ4n) is 1.80. The molecule has 3 nitrogen and oxygen atoms in total. The van der Waals surface area contributed by atoms with Gasteiger partial charge in [0.25, 0.3) is 0 Å². The van der Waals surface area contributed by atoms with E-state index >= 15 is 0 Å². The van der Waals surface area contributed by atoms with Crippen molar-refractivity contribution in [2.45, 2.75) is 38.8 Å². The van der Waals surface area contributed by atoms with Crippen LogP contribution in [-0.2, 0) is 11.3 Å². The number of hydrogen-bond donors (Lipinski definition) is 1. The molecule has 2 N–H and O–H groups in total. The molecule has 0 aliphatic rings. The van der Waals surface area contributed by atoms with E-state index in [1.165, 1.54) is 0 Å². The lowest BCUT2D eigenvalue weighted by Gasteiger charge is -2.19. The van der Waals surface area contributed by atoms with Gasteiger partial charge in [-0.3, -0.25) is 4.79 Å². The van der Waals surface area contributed by atoms with Crippen molar-refractivity contribution >= 4 is 21.8 Å². The van der Waals surface area contributed by atoms with Gasteiger partial charge in [-0.25, -0.2) is 0 Å². The van der Waals surface area contributed by atoms with E-state index in [0.717, 1.165) is 22.9 Å². The molecule has 1 atom stereocenters. The molecule has 0 radical (unpaired) electrons. The zero-order valence-corrected chi connectivity index (χ0v) is 12.6. The Morgan fingerprint density at radius 2 is 2.00 bits per heavy atom. The minimum absolute atomic E-state index is 0.0186. The van der Waals surface area contributed by atoms with Gasteiger partial charge in [-0.1, -0.05) is 41.4 Å². The van der Waals surface area contributed by atoms with Gasteiger partial charge in [-0.15, -0.1) is 0 Å². The normalized spacial score (nSPS) is 12.2. The molecule has 0 saturated heterocycles. The van der Waals surface area contributed by atoms with Gasteiger partial charge in [0.1, 0.15) is 0 Å². The summed E-state index contributed by atoms with van der Waals surface area (Å²) in [6.07, 6.45) is 2.35. The Balaban J connectivity index is 2.46. The summed E-state index contributed by atoms with van der Waals surface area (Å²) < 4.78 is 1.05.